The van der Waals surface area contributed by atoms with E-state index in [9.17, 15) is 13.6 Å². The second-order valence-electron chi connectivity index (χ2n) is 6.16. The van der Waals surface area contributed by atoms with Crippen LogP contribution in [0.1, 0.15) is 22.8 Å². The van der Waals surface area contributed by atoms with Gasteiger partial charge in [0, 0.05) is 33.1 Å². The van der Waals surface area contributed by atoms with Crippen LogP contribution in [0.2, 0.25) is 0 Å². The summed E-state index contributed by atoms with van der Waals surface area (Å²) in [5, 5.41) is 4.93. The van der Waals surface area contributed by atoms with Crippen molar-refractivity contribution in [3.63, 3.8) is 0 Å². The van der Waals surface area contributed by atoms with Crippen LogP contribution in [0.3, 0.4) is 0 Å². The Morgan fingerprint density at radius 3 is 2.62 bits per heavy atom. The maximum absolute atomic E-state index is 13.3. The highest BCUT2D eigenvalue weighted by molar-refractivity contribution is 6.10. The van der Waals surface area contributed by atoms with Gasteiger partial charge in [0.15, 0.2) is 11.6 Å². The lowest BCUT2D eigenvalue weighted by Crippen LogP contribution is -2.12. The first-order valence-electron chi connectivity index (χ1n) is 8.36. The predicted octanol–water partition coefficient (Wildman–Crippen LogP) is 5.41. The van der Waals surface area contributed by atoms with Gasteiger partial charge in [-0.25, -0.2) is 8.78 Å². The van der Waals surface area contributed by atoms with Crippen molar-refractivity contribution < 1.29 is 13.6 Å². The number of fused-ring (bicyclic) bond motifs is 3. The van der Waals surface area contributed by atoms with Crippen molar-refractivity contribution in [3.05, 3.63) is 77.4 Å². The lowest BCUT2D eigenvalue weighted by Gasteiger charge is -2.06. The molecular weight excluding hydrogens is 334 g/mol. The summed E-state index contributed by atoms with van der Waals surface area (Å²) in [5.41, 5.74) is 3.87. The van der Waals surface area contributed by atoms with E-state index < -0.39 is 17.5 Å². The average Bonchev–Trinajstić information content (AvgIpc) is 3.01. The van der Waals surface area contributed by atoms with Gasteiger partial charge in [0.25, 0.3) is 5.91 Å². The molecule has 0 fully saturated rings. The van der Waals surface area contributed by atoms with Crippen molar-refractivity contribution in [3.8, 4) is 0 Å². The summed E-state index contributed by atoms with van der Waals surface area (Å²) < 4.78 is 26.3. The highest BCUT2D eigenvalue weighted by Crippen LogP contribution is 2.29. The number of para-hydroxylation sites is 1. The van der Waals surface area contributed by atoms with Gasteiger partial charge in [0.1, 0.15) is 0 Å². The van der Waals surface area contributed by atoms with E-state index >= 15 is 0 Å². The van der Waals surface area contributed by atoms with Gasteiger partial charge in [-0.1, -0.05) is 31.2 Å². The number of rotatable bonds is 3. The molecule has 26 heavy (non-hydrogen) atoms. The van der Waals surface area contributed by atoms with E-state index in [0.717, 1.165) is 40.4 Å². The molecule has 0 unspecified atom stereocenters. The zero-order chi connectivity index (χ0) is 18.3. The van der Waals surface area contributed by atoms with Gasteiger partial charge in [-0.15, -0.1) is 0 Å². The first-order chi connectivity index (χ1) is 12.6. The fourth-order valence-electron chi connectivity index (χ4n) is 3.20. The molecule has 0 aliphatic heterocycles. The number of aromatic nitrogens is 1. The zero-order valence-corrected chi connectivity index (χ0v) is 14.1. The topological polar surface area (TPSA) is 44.9 Å². The summed E-state index contributed by atoms with van der Waals surface area (Å²) in [6, 6.07) is 14.8. The summed E-state index contributed by atoms with van der Waals surface area (Å²) in [5.74, 6) is -2.52. The van der Waals surface area contributed by atoms with Crippen LogP contribution >= 0.6 is 0 Å². The molecule has 3 aromatic carbocycles. The molecule has 1 heterocycles. The molecule has 2 N–H and O–H groups in total. The van der Waals surface area contributed by atoms with E-state index in [4.69, 9.17) is 0 Å². The number of halogens is 2. The molecule has 130 valence electrons. The molecule has 0 atom stereocenters. The fourth-order valence-corrected chi connectivity index (χ4v) is 3.20. The van der Waals surface area contributed by atoms with Crippen molar-refractivity contribution in [2.45, 2.75) is 13.3 Å². The van der Waals surface area contributed by atoms with Gasteiger partial charge in [-0.2, -0.15) is 0 Å². The fraction of sp³-hybridized carbons (Fsp3) is 0.0952. The van der Waals surface area contributed by atoms with E-state index in [1.54, 1.807) is 6.07 Å². The monoisotopic (exact) mass is 350 g/mol. The van der Waals surface area contributed by atoms with Gasteiger partial charge in [0.05, 0.1) is 0 Å². The maximum Gasteiger partial charge on any atom is 0.255 e. The normalized spacial score (nSPS) is 11.2. The summed E-state index contributed by atoms with van der Waals surface area (Å²) >= 11 is 0. The number of benzene rings is 3. The summed E-state index contributed by atoms with van der Waals surface area (Å²) in [4.78, 5) is 15.7. The molecule has 0 saturated carbocycles. The number of H-pyrrole nitrogens is 1. The largest absolute Gasteiger partial charge is 0.354 e. The quantitative estimate of drug-likeness (QED) is 0.509. The SMILES string of the molecule is CCc1cccc2c1[nH]c1cc(NC(=O)c3ccc(F)c(F)c3)ccc12. The molecule has 0 aliphatic rings. The summed E-state index contributed by atoms with van der Waals surface area (Å²) in [7, 11) is 0. The van der Waals surface area contributed by atoms with Crippen molar-refractivity contribution in [2.24, 2.45) is 0 Å². The Kier molecular flexibility index (Phi) is 3.92. The van der Waals surface area contributed by atoms with Crippen LogP contribution in [0.25, 0.3) is 21.8 Å². The molecule has 0 saturated heterocycles. The highest BCUT2D eigenvalue weighted by atomic mass is 19.2. The van der Waals surface area contributed by atoms with Crippen LogP contribution in [0.15, 0.2) is 54.6 Å². The van der Waals surface area contributed by atoms with Crippen molar-refractivity contribution in [2.75, 3.05) is 5.32 Å². The maximum atomic E-state index is 13.3. The smallest absolute Gasteiger partial charge is 0.255 e. The van der Waals surface area contributed by atoms with Crippen molar-refractivity contribution >= 4 is 33.4 Å². The van der Waals surface area contributed by atoms with Crippen molar-refractivity contribution in [1.29, 1.82) is 0 Å². The Labute approximate surface area is 148 Å². The number of hydrogen-bond donors (Lipinski definition) is 2. The molecule has 4 rings (SSSR count). The van der Waals surface area contributed by atoms with Crippen LogP contribution in [0, 0.1) is 11.6 Å². The molecule has 5 heteroatoms. The number of hydrogen-bond acceptors (Lipinski definition) is 1. The number of amides is 1. The third-order valence-electron chi connectivity index (χ3n) is 4.54. The molecular formula is C21H16F2N2O. The second kappa shape index (κ2) is 6.26. The Bertz CT molecular complexity index is 1150. The van der Waals surface area contributed by atoms with Gasteiger partial charge in [0.2, 0.25) is 0 Å². The minimum atomic E-state index is -1.05. The minimum Gasteiger partial charge on any atom is -0.354 e. The Balaban J connectivity index is 1.70. The standard InChI is InChI=1S/C21H16F2N2O/c1-2-12-4-3-5-16-15-8-7-14(11-19(15)25-20(12)16)24-21(26)13-6-9-17(22)18(23)10-13/h3-11,25H,2H2,1H3,(H,24,26). The minimum absolute atomic E-state index is 0.0638. The van der Waals surface area contributed by atoms with E-state index in [2.05, 4.69) is 29.4 Å². The number of nitrogens with one attached hydrogen (secondary N) is 2. The number of carbonyl (C=O) groups is 1. The van der Waals surface area contributed by atoms with E-state index in [0.29, 0.717) is 5.69 Å². The summed E-state index contributed by atoms with van der Waals surface area (Å²) in [6.07, 6.45) is 0.921. The zero-order valence-electron chi connectivity index (χ0n) is 14.1. The number of aromatic amines is 1. The summed E-state index contributed by atoms with van der Waals surface area (Å²) in [6.45, 7) is 2.10. The van der Waals surface area contributed by atoms with Crippen LogP contribution in [0.4, 0.5) is 14.5 Å². The van der Waals surface area contributed by atoms with Gasteiger partial charge in [-0.3, -0.25) is 4.79 Å². The molecule has 3 nitrogen and oxygen atoms in total. The molecule has 4 aromatic rings. The molecule has 1 amide bonds. The average molecular weight is 350 g/mol. The van der Waals surface area contributed by atoms with Crippen LogP contribution in [-0.2, 0) is 6.42 Å². The number of anilines is 1. The molecule has 0 aliphatic carbocycles. The first-order valence-corrected chi connectivity index (χ1v) is 8.36. The van der Waals surface area contributed by atoms with Gasteiger partial charge < -0.3 is 10.3 Å². The van der Waals surface area contributed by atoms with E-state index in [1.807, 2.05) is 18.2 Å². The number of carbonyl (C=O) groups excluding carboxylic acids is 1. The van der Waals surface area contributed by atoms with Crippen LogP contribution < -0.4 is 5.32 Å². The third kappa shape index (κ3) is 2.71. The van der Waals surface area contributed by atoms with Crippen LogP contribution in [0.5, 0.6) is 0 Å². The predicted molar refractivity (Wildman–Crippen MR) is 99.5 cm³/mol. The van der Waals surface area contributed by atoms with Gasteiger partial charge >= 0.3 is 0 Å². The Hall–Kier alpha value is -3.21. The molecule has 0 bridgehead atoms. The van der Waals surface area contributed by atoms with E-state index in [1.165, 1.54) is 11.6 Å². The van der Waals surface area contributed by atoms with Crippen molar-refractivity contribution in [1.82, 2.24) is 4.98 Å². The second-order valence-corrected chi connectivity index (χ2v) is 6.16. The number of aryl methyl sites for hydroxylation is 1. The first kappa shape index (κ1) is 16.3. The lowest BCUT2D eigenvalue weighted by atomic mass is 10.1. The third-order valence-corrected chi connectivity index (χ3v) is 4.54. The lowest BCUT2D eigenvalue weighted by molar-refractivity contribution is 0.102. The molecule has 0 radical (unpaired) electrons. The van der Waals surface area contributed by atoms with Crippen LogP contribution in [-0.4, -0.2) is 10.9 Å². The Morgan fingerprint density at radius 1 is 1.00 bits per heavy atom. The van der Waals surface area contributed by atoms with E-state index in [-0.39, 0.29) is 5.56 Å². The molecule has 1 aromatic heterocycles. The molecule has 0 spiro atoms. The Morgan fingerprint density at radius 2 is 1.85 bits per heavy atom. The van der Waals surface area contributed by atoms with Gasteiger partial charge in [-0.05, 0) is 42.3 Å². The highest BCUT2D eigenvalue weighted by Gasteiger charge is 2.12.